The molecule has 3 nitrogen and oxygen atoms in total. The average Bonchev–Trinajstić information content (AvgIpc) is 2.83. The fourth-order valence-corrected chi connectivity index (χ4v) is 2.23. The minimum absolute atomic E-state index is 1.04. The summed E-state index contributed by atoms with van der Waals surface area (Å²) in [5.74, 6) is 0. The fourth-order valence-electron chi connectivity index (χ4n) is 2.23. The summed E-state index contributed by atoms with van der Waals surface area (Å²) in [5.41, 5.74) is 4.62. The molecule has 0 aromatic carbocycles. The predicted octanol–water partition coefficient (Wildman–Crippen LogP) is 3.31. The molecule has 2 aromatic rings. The highest BCUT2D eigenvalue weighted by Gasteiger charge is 2.12. The number of allylic oxidation sites excluding steroid dienone is 4. The van der Waals surface area contributed by atoms with Crippen LogP contribution < -0.4 is 0 Å². The van der Waals surface area contributed by atoms with Crippen LogP contribution in [0.15, 0.2) is 48.8 Å². The number of nitrogens with zero attached hydrogens (tertiary/aromatic N) is 3. The summed E-state index contributed by atoms with van der Waals surface area (Å²) in [6.07, 6.45) is 12.3. The van der Waals surface area contributed by atoms with Crippen LogP contribution in [0.25, 0.3) is 11.3 Å². The zero-order valence-corrected chi connectivity index (χ0v) is 10.4. The number of aryl methyl sites for hydroxylation is 1. The lowest BCUT2D eigenvalue weighted by Crippen LogP contribution is -2.02. The van der Waals surface area contributed by atoms with Gasteiger partial charge in [0.2, 0.25) is 0 Å². The van der Waals surface area contributed by atoms with Gasteiger partial charge in [-0.05, 0) is 43.5 Å². The van der Waals surface area contributed by atoms with Crippen LogP contribution in [-0.4, -0.2) is 14.8 Å². The molecule has 0 N–H and O–H groups in total. The molecule has 0 saturated carbocycles. The monoisotopic (exact) mass is 237 g/mol. The molecule has 3 heteroatoms. The maximum Gasteiger partial charge on any atom is 0.0703 e. The van der Waals surface area contributed by atoms with Crippen molar-refractivity contribution in [3.8, 4) is 5.69 Å². The molecule has 0 atom stereocenters. The second-order valence-electron chi connectivity index (χ2n) is 4.45. The molecule has 0 saturated heterocycles. The van der Waals surface area contributed by atoms with Crippen molar-refractivity contribution < 1.29 is 0 Å². The average molecular weight is 237 g/mol. The molecule has 2 aromatic heterocycles. The summed E-state index contributed by atoms with van der Waals surface area (Å²) in [4.78, 5) is 4.05. The Hall–Kier alpha value is -2.16. The molecule has 0 radical (unpaired) electrons. The van der Waals surface area contributed by atoms with Gasteiger partial charge in [0, 0.05) is 12.4 Å². The van der Waals surface area contributed by atoms with Crippen molar-refractivity contribution in [3.05, 3.63) is 60.2 Å². The lowest BCUT2D eigenvalue weighted by molar-refractivity contribution is 0.840. The summed E-state index contributed by atoms with van der Waals surface area (Å²) in [5, 5.41) is 4.58. The van der Waals surface area contributed by atoms with Gasteiger partial charge in [-0.2, -0.15) is 5.10 Å². The van der Waals surface area contributed by atoms with Crippen LogP contribution in [0, 0.1) is 6.92 Å². The topological polar surface area (TPSA) is 30.7 Å². The SMILES string of the molecule is Cc1cc(C2=CC=CCC2)n(-c2ccncc2)n1. The van der Waals surface area contributed by atoms with E-state index in [-0.39, 0.29) is 0 Å². The maximum absolute atomic E-state index is 4.58. The van der Waals surface area contributed by atoms with E-state index >= 15 is 0 Å². The van der Waals surface area contributed by atoms with Crippen LogP contribution >= 0.6 is 0 Å². The van der Waals surface area contributed by atoms with E-state index < -0.39 is 0 Å². The molecule has 18 heavy (non-hydrogen) atoms. The smallest absolute Gasteiger partial charge is 0.0703 e. The van der Waals surface area contributed by atoms with Crippen LogP contribution in [0.5, 0.6) is 0 Å². The van der Waals surface area contributed by atoms with Gasteiger partial charge >= 0.3 is 0 Å². The zero-order chi connectivity index (χ0) is 12.4. The first-order chi connectivity index (χ1) is 8.84. The van der Waals surface area contributed by atoms with Gasteiger partial charge in [0.1, 0.15) is 0 Å². The van der Waals surface area contributed by atoms with Crippen LogP contribution in [-0.2, 0) is 0 Å². The van der Waals surface area contributed by atoms with Gasteiger partial charge in [-0.3, -0.25) is 4.98 Å². The van der Waals surface area contributed by atoms with Crippen molar-refractivity contribution >= 4 is 5.57 Å². The lowest BCUT2D eigenvalue weighted by Gasteiger charge is -2.11. The second-order valence-corrected chi connectivity index (χ2v) is 4.45. The highest BCUT2D eigenvalue weighted by molar-refractivity contribution is 5.67. The van der Waals surface area contributed by atoms with Gasteiger partial charge in [-0.1, -0.05) is 18.2 Å². The lowest BCUT2D eigenvalue weighted by atomic mass is 10.0. The molecule has 0 bridgehead atoms. The minimum Gasteiger partial charge on any atom is -0.265 e. The Morgan fingerprint density at radius 2 is 2.06 bits per heavy atom. The normalized spacial score (nSPS) is 14.6. The molecule has 0 fully saturated rings. The van der Waals surface area contributed by atoms with Gasteiger partial charge in [0.15, 0.2) is 0 Å². The third-order valence-electron chi connectivity index (χ3n) is 3.08. The van der Waals surface area contributed by atoms with Crippen molar-refractivity contribution in [1.29, 1.82) is 0 Å². The van der Waals surface area contributed by atoms with E-state index in [0.717, 1.165) is 24.2 Å². The molecule has 0 amide bonds. The molecule has 2 heterocycles. The highest BCUT2D eigenvalue weighted by atomic mass is 15.3. The number of pyridine rings is 1. The minimum atomic E-state index is 1.04. The summed E-state index contributed by atoms with van der Waals surface area (Å²) in [6, 6.07) is 6.11. The number of aromatic nitrogens is 3. The van der Waals surface area contributed by atoms with Crippen LogP contribution in [0.1, 0.15) is 24.2 Å². The summed E-state index contributed by atoms with van der Waals surface area (Å²) >= 11 is 0. The molecule has 0 spiro atoms. The number of rotatable bonds is 2. The third kappa shape index (κ3) is 1.99. The van der Waals surface area contributed by atoms with Gasteiger partial charge in [0.05, 0.1) is 17.1 Å². The molecule has 1 aliphatic rings. The quantitative estimate of drug-likeness (QED) is 0.802. The molecule has 3 rings (SSSR count). The van der Waals surface area contributed by atoms with Crippen LogP contribution in [0.3, 0.4) is 0 Å². The predicted molar refractivity (Wildman–Crippen MR) is 72.4 cm³/mol. The Balaban J connectivity index is 2.11. The van der Waals surface area contributed by atoms with E-state index in [1.807, 2.05) is 23.7 Å². The van der Waals surface area contributed by atoms with Crippen LogP contribution in [0.4, 0.5) is 0 Å². The van der Waals surface area contributed by atoms with E-state index in [1.54, 1.807) is 12.4 Å². The summed E-state index contributed by atoms with van der Waals surface area (Å²) < 4.78 is 2.00. The Kier molecular flexibility index (Phi) is 2.81. The van der Waals surface area contributed by atoms with E-state index in [1.165, 1.54) is 11.3 Å². The molecular weight excluding hydrogens is 222 g/mol. The van der Waals surface area contributed by atoms with Crippen LogP contribution in [0.2, 0.25) is 0 Å². The molecule has 90 valence electrons. The van der Waals surface area contributed by atoms with Crippen molar-refractivity contribution in [2.45, 2.75) is 19.8 Å². The third-order valence-corrected chi connectivity index (χ3v) is 3.08. The van der Waals surface area contributed by atoms with Gasteiger partial charge < -0.3 is 0 Å². The second kappa shape index (κ2) is 4.61. The van der Waals surface area contributed by atoms with E-state index in [4.69, 9.17) is 0 Å². The van der Waals surface area contributed by atoms with E-state index in [0.29, 0.717) is 0 Å². The Labute approximate surface area is 106 Å². The summed E-state index contributed by atoms with van der Waals surface area (Å²) in [6.45, 7) is 2.03. The Morgan fingerprint density at radius 3 is 2.78 bits per heavy atom. The molecule has 0 unspecified atom stereocenters. The van der Waals surface area contributed by atoms with E-state index in [9.17, 15) is 0 Å². The maximum atomic E-state index is 4.58. The van der Waals surface area contributed by atoms with E-state index in [2.05, 4.69) is 34.4 Å². The van der Waals surface area contributed by atoms with Crippen molar-refractivity contribution in [2.75, 3.05) is 0 Å². The van der Waals surface area contributed by atoms with Crippen molar-refractivity contribution in [2.24, 2.45) is 0 Å². The number of hydrogen-bond donors (Lipinski definition) is 0. The highest BCUT2D eigenvalue weighted by Crippen LogP contribution is 2.26. The first-order valence-corrected chi connectivity index (χ1v) is 6.18. The largest absolute Gasteiger partial charge is 0.265 e. The van der Waals surface area contributed by atoms with Gasteiger partial charge in [0.25, 0.3) is 0 Å². The van der Waals surface area contributed by atoms with Crippen molar-refractivity contribution in [1.82, 2.24) is 14.8 Å². The van der Waals surface area contributed by atoms with Gasteiger partial charge in [-0.15, -0.1) is 0 Å². The molecular formula is C15H15N3. The van der Waals surface area contributed by atoms with Crippen molar-refractivity contribution in [3.63, 3.8) is 0 Å². The first-order valence-electron chi connectivity index (χ1n) is 6.18. The molecule has 1 aliphatic carbocycles. The van der Waals surface area contributed by atoms with Gasteiger partial charge in [-0.25, -0.2) is 4.68 Å². The number of hydrogen-bond acceptors (Lipinski definition) is 2. The Morgan fingerprint density at radius 1 is 1.22 bits per heavy atom. The molecule has 0 aliphatic heterocycles. The zero-order valence-electron chi connectivity index (χ0n) is 10.4. The standard InChI is InChI=1S/C15H15N3/c1-12-11-15(13-5-3-2-4-6-13)18(17-12)14-7-9-16-10-8-14/h2-3,5,7-11H,4,6H2,1H3. The summed E-state index contributed by atoms with van der Waals surface area (Å²) in [7, 11) is 0. The Bertz CT molecular complexity index is 606. The fraction of sp³-hybridized carbons (Fsp3) is 0.200. The first kappa shape index (κ1) is 11.0.